The molecule has 1 aromatic heterocycles. The molecule has 0 aliphatic carbocycles. The standard InChI is InChI=1S/C14H19N3O/c1-15-9-12-3-5-14(6-4-12)18-8-7-13-10-16-17(2)11-13/h3-6,10-11,15H,7-9H2,1-2H3. The molecule has 0 unspecified atom stereocenters. The second kappa shape index (κ2) is 6.21. The highest BCUT2D eigenvalue weighted by atomic mass is 16.5. The first-order valence-corrected chi connectivity index (χ1v) is 6.12. The average molecular weight is 245 g/mol. The van der Waals surface area contributed by atoms with E-state index < -0.39 is 0 Å². The minimum Gasteiger partial charge on any atom is -0.493 e. The van der Waals surface area contributed by atoms with Crippen molar-refractivity contribution in [3.8, 4) is 5.75 Å². The zero-order chi connectivity index (χ0) is 12.8. The van der Waals surface area contributed by atoms with Gasteiger partial charge in [-0.15, -0.1) is 0 Å². The molecule has 1 N–H and O–H groups in total. The summed E-state index contributed by atoms with van der Waals surface area (Å²) in [6, 6.07) is 8.18. The largest absolute Gasteiger partial charge is 0.493 e. The summed E-state index contributed by atoms with van der Waals surface area (Å²) in [6.45, 7) is 1.56. The van der Waals surface area contributed by atoms with Gasteiger partial charge in [-0.2, -0.15) is 5.10 Å². The molecule has 0 radical (unpaired) electrons. The molecular formula is C14H19N3O. The van der Waals surface area contributed by atoms with Crippen LogP contribution in [-0.4, -0.2) is 23.4 Å². The number of aromatic nitrogens is 2. The van der Waals surface area contributed by atoms with E-state index in [0.29, 0.717) is 6.61 Å². The smallest absolute Gasteiger partial charge is 0.119 e. The molecule has 0 aliphatic rings. The van der Waals surface area contributed by atoms with Crippen LogP contribution < -0.4 is 10.1 Å². The van der Waals surface area contributed by atoms with Crippen LogP contribution in [0.2, 0.25) is 0 Å². The van der Waals surface area contributed by atoms with E-state index in [2.05, 4.69) is 22.5 Å². The molecule has 0 amide bonds. The van der Waals surface area contributed by atoms with Crippen molar-refractivity contribution < 1.29 is 4.74 Å². The van der Waals surface area contributed by atoms with Crippen LogP contribution in [0.15, 0.2) is 36.7 Å². The van der Waals surface area contributed by atoms with Gasteiger partial charge in [0.1, 0.15) is 5.75 Å². The summed E-state index contributed by atoms with van der Waals surface area (Å²) in [5, 5.41) is 7.25. The van der Waals surface area contributed by atoms with Crippen molar-refractivity contribution in [2.24, 2.45) is 7.05 Å². The van der Waals surface area contributed by atoms with Gasteiger partial charge in [-0.25, -0.2) is 0 Å². The highest BCUT2D eigenvalue weighted by molar-refractivity contribution is 5.27. The number of hydrogen-bond acceptors (Lipinski definition) is 3. The molecule has 0 fully saturated rings. The highest BCUT2D eigenvalue weighted by Crippen LogP contribution is 2.12. The van der Waals surface area contributed by atoms with Crippen molar-refractivity contribution in [1.29, 1.82) is 0 Å². The fourth-order valence-corrected chi connectivity index (χ4v) is 1.80. The average Bonchev–Trinajstić information content (AvgIpc) is 2.78. The Bertz CT molecular complexity index is 476. The number of hydrogen-bond donors (Lipinski definition) is 1. The number of nitrogens with zero attached hydrogens (tertiary/aromatic N) is 2. The second-order valence-corrected chi connectivity index (χ2v) is 4.29. The SMILES string of the molecule is CNCc1ccc(OCCc2cnn(C)c2)cc1. The summed E-state index contributed by atoms with van der Waals surface area (Å²) in [7, 11) is 3.86. The minimum atomic E-state index is 0.678. The number of benzene rings is 1. The van der Waals surface area contributed by atoms with E-state index in [1.165, 1.54) is 11.1 Å². The van der Waals surface area contributed by atoms with Gasteiger partial charge in [0.25, 0.3) is 0 Å². The Kier molecular flexibility index (Phi) is 4.36. The van der Waals surface area contributed by atoms with E-state index in [1.54, 1.807) is 0 Å². The molecule has 96 valence electrons. The molecule has 1 heterocycles. The number of nitrogens with one attached hydrogen (secondary N) is 1. The van der Waals surface area contributed by atoms with Crippen LogP contribution in [0.4, 0.5) is 0 Å². The van der Waals surface area contributed by atoms with Gasteiger partial charge in [0.2, 0.25) is 0 Å². The molecule has 2 rings (SSSR count). The van der Waals surface area contributed by atoms with Gasteiger partial charge in [0, 0.05) is 26.2 Å². The summed E-state index contributed by atoms with van der Waals surface area (Å²) >= 11 is 0. The summed E-state index contributed by atoms with van der Waals surface area (Å²) in [5.74, 6) is 0.916. The Morgan fingerprint density at radius 2 is 2.00 bits per heavy atom. The first kappa shape index (κ1) is 12.6. The number of aryl methyl sites for hydroxylation is 1. The Labute approximate surface area is 108 Å². The summed E-state index contributed by atoms with van der Waals surface area (Å²) < 4.78 is 7.50. The number of ether oxygens (including phenoxy) is 1. The van der Waals surface area contributed by atoms with E-state index >= 15 is 0 Å². The fraction of sp³-hybridized carbons (Fsp3) is 0.357. The normalized spacial score (nSPS) is 10.6. The van der Waals surface area contributed by atoms with Crippen LogP contribution in [-0.2, 0) is 20.0 Å². The van der Waals surface area contributed by atoms with Crippen LogP contribution in [0.5, 0.6) is 5.75 Å². The Hall–Kier alpha value is -1.81. The van der Waals surface area contributed by atoms with Crippen LogP contribution in [0, 0.1) is 0 Å². The van der Waals surface area contributed by atoms with E-state index in [-0.39, 0.29) is 0 Å². The van der Waals surface area contributed by atoms with E-state index in [0.717, 1.165) is 18.7 Å². The van der Waals surface area contributed by atoms with Crippen molar-refractivity contribution >= 4 is 0 Å². The monoisotopic (exact) mass is 245 g/mol. The Balaban J connectivity index is 1.79. The van der Waals surface area contributed by atoms with E-state index in [9.17, 15) is 0 Å². The molecule has 4 heteroatoms. The molecular weight excluding hydrogens is 226 g/mol. The van der Waals surface area contributed by atoms with E-state index in [4.69, 9.17) is 4.74 Å². The molecule has 0 atom stereocenters. The Morgan fingerprint density at radius 1 is 1.22 bits per heavy atom. The van der Waals surface area contributed by atoms with Crippen molar-refractivity contribution in [2.45, 2.75) is 13.0 Å². The lowest BCUT2D eigenvalue weighted by Gasteiger charge is -2.06. The fourth-order valence-electron chi connectivity index (χ4n) is 1.80. The lowest BCUT2D eigenvalue weighted by molar-refractivity contribution is 0.322. The lowest BCUT2D eigenvalue weighted by atomic mass is 10.2. The van der Waals surface area contributed by atoms with Gasteiger partial charge < -0.3 is 10.1 Å². The molecule has 0 aliphatic heterocycles. The first-order valence-electron chi connectivity index (χ1n) is 6.12. The van der Waals surface area contributed by atoms with Gasteiger partial charge in [0.05, 0.1) is 12.8 Å². The summed E-state index contributed by atoms with van der Waals surface area (Å²) in [6.07, 6.45) is 4.77. The first-order chi connectivity index (χ1) is 8.78. The zero-order valence-electron chi connectivity index (χ0n) is 10.9. The van der Waals surface area contributed by atoms with Crippen LogP contribution in [0.1, 0.15) is 11.1 Å². The molecule has 4 nitrogen and oxygen atoms in total. The maximum atomic E-state index is 5.69. The molecule has 0 bridgehead atoms. The van der Waals surface area contributed by atoms with Crippen molar-refractivity contribution in [3.63, 3.8) is 0 Å². The number of rotatable bonds is 6. The van der Waals surface area contributed by atoms with Gasteiger partial charge in [-0.3, -0.25) is 4.68 Å². The third-order valence-electron chi connectivity index (χ3n) is 2.72. The molecule has 18 heavy (non-hydrogen) atoms. The van der Waals surface area contributed by atoms with Gasteiger partial charge in [0.15, 0.2) is 0 Å². The third kappa shape index (κ3) is 3.60. The minimum absolute atomic E-state index is 0.678. The lowest BCUT2D eigenvalue weighted by Crippen LogP contribution is -2.05. The molecule has 0 saturated carbocycles. The Morgan fingerprint density at radius 3 is 2.61 bits per heavy atom. The maximum absolute atomic E-state index is 5.69. The second-order valence-electron chi connectivity index (χ2n) is 4.29. The molecule has 0 saturated heterocycles. The van der Waals surface area contributed by atoms with Crippen LogP contribution >= 0.6 is 0 Å². The highest BCUT2D eigenvalue weighted by Gasteiger charge is 1.98. The predicted octanol–water partition coefficient (Wildman–Crippen LogP) is 1.76. The van der Waals surface area contributed by atoms with Crippen molar-refractivity contribution in [3.05, 3.63) is 47.8 Å². The van der Waals surface area contributed by atoms with Crippen LogP contribution in [0.3, 0.4) is 0 Å². The van der Waals surface area contributed by atoms with Gasteiger partial charge in [-0.05, 0) is 30.3 Å². The van der Waals surface area contributed by atoms with Crippen molar-refractivity contribution in [2.75, 3.05) is 13.7 Å². The maximum Gasteiger partial charge on any atom is 0.119 e. The zero-order valence-corrected chi connectivity index (χ0v) is 10.9. The molecule has 2 aromatic rings. The van der Waals surface area contributed by atoms with Crippen LogP contribution in [0.25, 0.3) is 0 Å². The predicted molar refractivity (Wildman–Crippen MR) is 71.6 cm³/mol. The molecule has 0 spiro atoms. The molecule has 1 aromatic carbocycles. The summed E-state index contributed by atoms with van der Waals surface area (Å²) in [5.41, 5.74) is 2.46. The van der Waals surface area contributed by atoms with Gasteiger partial charge >= 0.3 is 0 Å². The summed E-state index contributed by atoms with van der Waals surface area (Å²) in [4.78, 5) is 0. The quantitative estimate of drug-likeness (QED) is 0.843. The topological polar surface area (TPSA) is 39.1 Å². The van der Waals surface area contributed by atoms with E-state index in [1.807, 2.05) is 43.3 Å². The van der Waals surface area contributed by atoms with Crippen molar-refractivity contribution in [1.82, 2.24) is 15.1 Å². The third-order valence-corrected chi connectivity index (χ3v) is 2.72. The van der Waals surface area contributed by atoms with Gasteiger partial charge in [-0.1, -0.05) is 12.1 Å².